The Labute approximate surface area is 143 Å². The second-order valence-corrected chi connectivity index (χ2v) is 7.08. The van der Waals surface area contributed by atoms with E-state index in [1.807, 2.05) is 6.92 Å². The summed E-state index contributed by atoms with van der Waals surface area (Å²) in [6.07, 6.45) is 0. The monoisotopic (exact) mass is 330 g/mol. The largest absolute Gasteiger partial charge is 0.356 e. The second-order valence-electron chi connectivity index (χ2n) is 6.67. The first-order valence-corrected chi connectivity index (χ1v) is 8.10. The van der Waals surface area contributed by atoms with E-state index in [4.69, 9.17) is 12.2 Å². The highest BCUT2D eigenvalue weighted by Crippen LogP contribution is 2.24. The molecule has 4 heteroatoms. The van der Waals surface area contributed by atoms with Gasteiger partial charge in [0.15, 0.2) is 5.11 Å². The van der Waals surface area contributed by atoms with Gasteiger partial charge in [0.1, 0.15) is 5.82 Å². The molecule has 0 amide bonds. The Morgan fingerprint density at radius 3 is 2.22 bits per heavy atom. The van der Waals surface area contributed by atoms with Gasteiger partial charge >= 0.3 is 0 Å². The van der Waals surface area contributed by atoms with E-state index in [9.17, 15) is 4.39 Å². The summed E-state index contributed by atoms with van der Waals surface area (Å²) in [6, 6.07) is 15.0. The highest BCUT2D eigenvalue weighted by atomic mass is 32.1. The minimum Gasteiger partial charge on any atom is -0.356 e. The van der Waals surface area contributed by atoms with E-state index in [2.05, 4.69) is 55.7 Å². The molecule has 0 saturated heterocycles. The first-order valence-electron chi connectivity index (χ1n) is 7.70. The van der Waals surface area contributed by atoms with Crippen LogP contribution in [0.5, 0.6) is 0 Å². The maximum atomic E-state index is 13.6. The van der Waals surface area contributed by atoms with E-state index in [1.165, 1.54) is 11.6 Å². The van der Waals surface area contributed by atoms with E-state index in [-0.39, 0.29) is 17.3 Å². The Morgan fingerprint density at radius 1 is 1.04 bits per heavy atom. The highest BCUT2D eigenvalue weighted by molar-refractivity contribution is 7.80. The van der Waals surface area contributed by atoms with Crippen molar-refractivity contribution in [2.24, 2.45) is 0 Å². The van der Waals surface area contributed by atoms with Crippen LogP contribution in [0.1, 0.15) is 44.9 Å². The zero-order chi connectivity index (χ0) is 17.0. The van der Waals surface area contributed by atoms with E-state index in [0.717, 1.165) is 5.56 Å². The maximum Gasteiger partial charge on any atom is 0.171 e. The second kappa shape index (κ2) is 7.09. The van der Waals surface area contributed by atoms with Crippen molar-refractivity contribution in [2.45, 2.75) is 39.2 Å². The summed E-state index contributed by atoms with van der Waals surface area (Å²) in [6.45, 7) is 8.60. The predicted molar refractivity (Wildman–Crippen MR) is 99.3 cm³/mol. The molecule has 2 rings (SSSR count). The highest BCUT2D eigenvalue weighted by Gasteiger charge is 2.14. The van der Waals surface area contributed by atoms with Gasteiger partial charge in [-0.2, -0.15) is 0 Å². The van der Waals surface area contributed by atoms with Crippen molar-refractivity contribution in [3.63, 3.8) is 0 Å². The van der Waals surface area contributed by atoms with Gasteiger partial charge in [0.25, 0.3) is 0 Å². The zero-order valence-corrected chi connectivity index (χ0v) is 14.8. The lowest BCUT2D eigenvalue weighted by atomic mass is 9.86. The fraction of sp³-hybridized carbons (Fsp3) is 0.316. The van der Waals surface area contributed by atoms with Crippen LogP contribution in [0, 0.1) is 5.82 Å². The van der Waals surface area contributed by atoms with Crippen molar-refractivity contribution in [3.8, 4) is 0 Å². The molecule has 0 aliphatic rings. The van der Waals surface area contributed by atoms with E-state index in [1.54, 1.807) is 18.2 Å². The molecule has 0 bridgehead atoms. The van der Waals surface area contributed by atoms with Crippen molar-refractivity contribution in [3.05, 3.63) is 65.5 Å². The van der Waals surface area contributed by atoms with Gasteiger partial charge in [-0.25, -0.2) is 4.39 Å². The zero-order valence-electron chi connectivity index (χ0n) is 14.0. The van der Waals surface area contributed by atoms with Gasteiger partial charge in [-0.05, 0) is 47.8 Å². The summed E-state index contributed by atoms with van der Waals surface area (Å²) >= 11 is 5.27. The molecule has 0 unspecified atom stereocenters. The quantitative estimate of drug-likeness (QED) is 0.759. The fourth-order valence-corrected chi connectivity index (χ4v) is 2.56. The number of halogens is 1. The molecule has 23 heavy (non-hydrogen) atoms. The van der Waals surface area contributed by atoms with Gasteiger partial charge in [-0.1, -0.05) is 57.2 Å². The van der Waals surface area contributed by atoms with Gasteiger partial charge < -0.3 is 10.6 Å². The van der Waals surface area contributed by atoms with Crippen LogP contribution in [-0.4, -0.2) is 5.11 Å². The smallest absolute Gasteiger partial charge is 0.171 e. The topological polar surface area (TPSA) is 24.1 Å². The molecule has 2 aromatic rings. The third-order valence-electron chi connectivity index (χ3n) is 3.75. The molecule has 0 heterocycles. The lowest BCUT2D eigenvalue weighted by Crippen LogP contribution is -2.31. The van der Waals surface area contributed by atoms with Gasteiger partial charge in [-0.15, -0.1) is 0 Å². The van der Waals surface area contributed by atoms with Crippen LogP contribution in [0.15, 0.2) is 48.5 Å². The average Bonchev–Trinajstić information content (AvgIpc) is 2.49. The summed E-state index contributed by atoms with van der Waals surface area (Å²) in [5.41, 5.74) is 2.94. The van der Waals surface area contributed by atoms with Crippen LogP contribution in [0.4, 0.5) is 10.1 Å². The summed E-state index contributed by atoms with van der Waals surface area (Å²) in [7, 11) is 0. The van der Waals surface area contributed by atoms with Crippen molar-refractivity contribution >= 4 is 23.0 Å². The molecular weight excluding hydrogens is 307 g/mol. The molecule has 0 spiro atoms. The minimum atomic E-state index is -0.321. The maximum absolute atomic E-state index is 13.6. The van der Waals surface area contributed by atoms with Gasteiger partial charge in [0.2, 0.25) is 0 Å². The molecule has 0 aliphatic heterocycles. The molecule has 2 aromatic carbocycles. The fourth-order valence-electron chi connectivity index (χ4n) is 2.27. The third kappa shape index (κ3) is 4.76. The predicted octanol–water partition coefficient (Wildman–Crippen LogP) is 5.17. The molecule has 2 nitrogen and oxygen atoms in total. The van der Waals surface area contributed by atoms with Crippen LogP contribution in [0.2, 0.25) is 0 Å². The van der Waals surface area contributed by atoms with Gasteiger partial charge in [-0.3, -0.25) is 0 Å². The summed E-state index contributed by atoms with van der Waals surface area (Å²) in [5, 5.41) is 6.48. The van der Waals surface area contributed by atoms with Crippen LogP contribution in [-0.2, 0) is 5.41 Å². The number of nitrogens with one attached hydrogen (secondary N) is 2. The Morgan fingerprint density at radius 2 is 1.65 bits per heavy atom. The first-order chi connectivity index (χ1) is 10.8. The number of rotatable bonds is 3. The summed E-state index contributed by atoms with van der Waals surface area (Å²) in [5.74, 6) is -0.321. The van der Waals surface area contributed by atoms with Crippen molar-refractivity contribution < 1.29 is 4.39 Å². The van der Waals surface area contributed by atoms with Crippen molar-refractivity contribution in [1.82, 2.24) is 5.32 Å². The Balaban J connectivity index is 2.00. The molecule has 0 aromatic heterocycles. The molecule has 1 atom stereocenters. The van der Waals surface area contributed by atoms with Crippen LogP contribution >= 0.6 is 12.2 Å². The normalized spacial score (nSPS) is 12.6. The molecular formula is C19H23FN2S. The van der Waals surface area contributed by atoms with Gasteiger partial charge in [0.05, 0.1) is 11.7 Å². The average molecular weight is 330 g/mol. The Bertz CT molecular complexity index is 675. The molecule has 0 radical (unpaired) electrons. The number of hydrogen-bond acceptors (Lipinski definition) is 1. The first kappa shape index (κ1) is 17.4. The summed E-state index contributed by atoms with van der Waals surface area (Å²) in [4.78, 5) is 0. The molecule has 0 aliphatic carbocycles. The number of para-hydroxylation sites is 1. The van der Waals surface area contributed by atoms with Crippen molar-refractivity contribution in [1.29, 1.82) is 0 Å². The number of anilines is 1. The van der Waals surface area contributed by atoms with Gasteiger partial charge in [0, 0.05) is 0 Å². The van der Waals surface area contributed by atoms with E-state index < -0.39 is 0 Å². The van der Waals surface area contributed by atoms with Crippen LogP contribution < -0.4 is 10.6 Å². The molecule has 2 N–H and O–H groups in total. The van der Waals surface area contributed by atoms with E-state index >= 15 is 0 Å². The van der Waals surface area contributed by atoms with Crippen LogP contribution in [0.25, 0.3) is 0 Å². The molecule has 0 saturated carbocycles. The number of hydrogen-bond donors (Lipinski definition) is 2. The Hall–Kier alpha value is -1.94. The molecule has 0 fully saturated rings. The Kier molecular flexibility index (Phi) is 5.37. The number of benzene rings is 2. The van der Waals surface area contributed by atoms with Crippen molar-refractivity contribution in [2.75, 3.05) is 5.32 Å². The summed E-state index contributed by atoms with van der Waals surface area (Å²) < 4.78 is 13.6. The lowest BCUT2D eigenvalue weighted by molar-refractivity contribution is 0.589. The number of thiocarbonyl (C=S) groups is 1. The SMILES string of the molecule is C[C@@H](NC(=S)Nc1ccccc1F)c1ccc(C(C)(C)C)cc1. The lowest BCUT2D eigenvalue weighted by Gasteiger charge is -2.21. The minimum absolute atomic E-state index is 0.0378. The third-order valence-corrected chi connectivity index (χ3v) is 3.97. The standard InChI is InChI=1S/C19H23FN2S/c1-13(14-9-11-15(12-10-14)19(2,3)4)21-18(23)22-17-8-6-5-7-16(17)20/h5-13H,1-4H3,(H2,21,22,23)/t13-/m1/s1. The van der Waals surface area contributed by atoms with E-state index in [0.29, 0.717) is 10.8 Å². The molecule has 122 valence electrons. The van der Waals surface area contributed by atoms with Crippen LogP contribution in [0.3, 0.4) is 0 Å².